The summed E-state index contributed by atoms with van der Waals surface area (Å²) < 4.78 is 0. The van der Waals surface area contributed by atoms with Crippen LogP contribution in [0.3, 0.4) is 0 Å². The molecule has 0 atom stereocenters. The number of carbonyl (C=O) groups is 1. The Kier molecular flexibility index (Phi) is 9.92. The molecule has 2 rings (SSSR count). The van der Waals surface area contributed by atoms with Gasteiger partial charge in [0.15, 0.2) is 0 Å². The van der Waals surface area contributed by atoms with E-state index in [1.807, 2.05) is 20.8 Å². The van der Waals surface area contributed by atoms with Crippen LogP contribution in [0.25, 0.3) is 0 Å². The molecule has 0 amide bonds. The molecule has 130 valence electrons. The largest absolute Gasteiger partial charge is 0.304 e. The van der Waals surface area contributed by atoms with Gasteiger partial charge in [-0.1, -0.05) is 27.7 Å². The molecule has 0 radical (unpaired) electrons. The molecular formula is C18H37N3O. The molecule has 0 unspecified atom stereocenters. The van der Waals surface area contributed by atoms with Crippen LogP contribution in [-0.4, -0.2) is 79.4 Å². The molecule has 4 nitrogen and oxygen atoms in total. The van der Waals surface area contributed by atoms with Crippen LogP contribution in [0.15, 0.2) is 0 Å². The Labute approximate surface area is 137 Å². The summed E-state index contributed by atoms with van der Waals surface area (Å²) in [5.41, 5.74) is 0. The first kappa shape index (κ1) is 19.6. The average Bonchev–Trinajstić information content (AvgIpc) is 2.59. The SMILES string of the molecule is CC.CCC(=O)CN1CCN(CC2CCN(CC)CC2)CC1. The van der Waals surface area contributed by atoms with Gasteiger partial charge in [0.1, 0.15) is 5.78 Å². The third-order valence-corrected chi connectivity index (χ3v) is 4.93. The van der Waals surface area contributed by atoms with Gasteiger partial charge in [0, 0.05) is 39.1 Å². The zero-order valence-electron chi connectivity index (χ0n) is 15.3. The van der Waals surface area contributed by atoms with Crippen LogP contribution in [0.4, 0.5) is 0 Å². The predicted octanol–water partition coefficient (Wildman–Crippen LogP) is 2.34. The minimum Gasteiger partial charge on any atom is -0.304 e. The van der Waals surface area contributed by atoms with Gasteiger partial charge in [0.05, 0.1) is 6.54 Å². The first-order chi connectivity index (χ1) is 10.7. The summed E-state index contributed by atoms with van der Waals surface area (Å²) in [6.45, 7) is 18.4. The second-order valence-electron chi connectivity index (χ2n) is 6.35. The van der Waals surface area contributed by atoms with Crippen molar-refractivity contribution in [3.05, 3.63) is 0 Å². The van der Waals surface area contributed by atoms with E-state index in [2.05, 4.69) is 21.6 Å². The van der Waals surface area contributed by atoms with Crippen molar-refractivity contribution >= 4 is 5.78 Å². The summed E-state index contributed by atoms with van der Waals surface area (Å²) in [6.07, 6.45) is 3.40. The Hall–Kier alpha value is -0.450. The van der Waals surface area contributed by atoms with Gasteiger partial charge in [0.25, 0.3) is 0 Å². The molecule has 0 spiro atoms. The standard InChI is InChI=1S/C16H31N3O.C2H6/c1-3-16(20)14-19-11-9-18(10-12-19)13-15-5-7-17(4-2)8-6-15;1-2/h15H,3-14H2,1-2H3;1-2H3. The Morgan fingerprint density at radius 3 is 1.91 bits per heavy atom. The summed E-state index contributed by atoms with van der Waals surface area (Å²) >= 11 is 0. The van der Waals surface area contributed by atoms with Crippen LogP contribution in [0.1, 0.15) is 47.0 Å². The fourth-order valence-electron chi connectivity index (χ4n) is 3.34. The number of nitrogens with zero attached hydrogens (tertiary/aromatic N) is 3. The smallest absolute Gasteiger partial charge is 0.146 e. The van der Waals surface area contributed by atoms with Crippen molar-refractivity contribution in [2.45, 2.75) is 47.0 Å². The molecule has 2 aliphatic rings. The minimum atomic E-state index is 0.380. The van der Waals surface area contributed by atoms with Gasteiger partial charge in [-0.15, -0.1) is 0 Å². The lowest BCUT2D eigenvalue weighted by atomic mass is 9.96. The summed E-state index contributed by atoms with van der Waals surface area (Å²) in [7, 11) is 0. The van der Waals surface area contributed by atoms with Gasteiger partial charge in [0.2, 0.25) is 0 Å². The van der Waals surface area contributed by atoms with Crippen molar-refractivity contribution in [3.63, 3.8) is 0 Å². The van der Waals surface area contributed by atoms with Crippen LogP contribution in [0.2, 0.25) is 0 Å². The predicted molar refractivity (Wildman–Crippen MR) is 94.4 cm³/mol. The molecule has 0 N–H and O–H groups in total. The number of carbonyl (C=O) groups excluding carboxylic acids is 1. The highest BCUT2D eigenvalue weighted by Crippen LogP contribution is 2.18. The molecule has 2 heterocycles. The van der Waals surface area contributed by atoms with E-state index >= 15 is 0 Å². The van der Waals surface area contributed by atoms with E-state index in [1.165, 1.54) is 39.0 Å². The molecule has 4 heteroatoms. The fourth-order valence-corrected chi connectivity index (χ4v) is 3.34. The number of Topliss-reactive ketones (excluding diaryl/α,β-unsaturated/α-hetero) is 1. The van der Waals surface area contributed by atoms with Crippen molar-refractivity contribution < 1.29 is 4.79 Å². The van der Waals surface area contributed by atoms with E-state index in [0.29, 0.717) is 18.7 Å². The van der Waals surface area contributed by atoms with E-state index in [9.17, 15) is 4.79 Å². The highest BCUT2D eigenvalue weighted by atomic mass is 16.1. The maximum absolute atomic E-state index is 11.5. The molecule has 0 aromatic rings. The first-order valence-corrected chi connectivity index (χ1v) is 9.40. The topological polar surface area (TPSA) is 26.8 Å². The van der Waals surface area contributed by atoms with E-state index in [-0.39, 0.29) is 0 Å². The Morgan fingerprint density at radius 1 is 0.864 bits per heavy atom. The van der Waals surface area contributed by atoms with Crippen LogP contribution >= 0.6 is 0 Å². The van der Waals surface area contributed by atoms with Gasteiger partial charge >= 0.3 is 0 Å². The molecular weight excluding hydrogens is 274 g/mol. The van der Waals surface area contributed by atoms with E-state index < -0.39 is 0 Å². The second kappa shape index (κ2) is 11.1. The summed E-state index contributed by atoms with van der Waals surface area (Å²) in [4.78, 5) is 19.0. The first-order valence-electron chi connectivity index (χ1n) is 9.40. The molecule has 2 aliphatic heterocycles. The van der Waals surface area contributed by atoms with Crippen LogP contribution in [0, 0.1) is 5.92 Å². The molecule has 0 aliphatic carbocycles. The Bertz CT molecular complexity index is 293. The van der Waals surface area contributed by atoms with Crippen molar-refractivity contribution in [2.24, 2.45) is 5.92 Å². The normalized spacial score (nSPS) is 22.2. The molecule has 0 saturated carbocycles. The van der Waals surface area contributed by atoms with Gasteiger partial charge in [-0.2, -0.15) is 0 Å². The highest BCUT2D eigenvalue weighted by Gasteiger charge is 2.23. The summed E-state index contributed by atoms with van der Waals surface area (Å²) in [5, 5.41) is 0. The lowest BCUT2D eigenvalue weighted by Crippen LogP contribution is -2.49. The quantitative estimate of drug-likeness (QED) is 0.752. The monoisotopic (exact) mass is 311 g/mol. The summed E-state index contributed by atoms with van der Waals surface area (Å²) in [5.74, 6) is 1.27. The van der Waals surface area contributed by atoms with Crippen molar-refractivity contribution in [1.29, 1.82) is 0 Å². The maximum Gasteiger partial charge on any atom is 0.146 e. The lowest BCUT2D eigenvalue weighted by Gasteiger charge is -2.38. The number of piperidine rings is 1. The molecule has 22 heavy (non-hydrogen) atoms. The number of likely N-dealkylation sites (tertiary alicyclic amines) is 1. The fraction of sp³-hybridized carbons (Fsp3) is 0.944. The third kappa shape index (κ3) is 6.76. The third-order valence-electron chi connectivity index (χ3n) is 4.93. The van der Waals surface area contributed by atoms with Crippen molar-refractivity contribution in [3.8, 4) is 0 Å². The van der Waals surface area contributed by atoms with Crippen molar-refractivity contribution in [1.82, 2.24) is 14.7 Å². The number of hydrogen-bond donors (Lipinski definition) is 0. The zero-order chi connectivity index (χ0) is 16.4. The average molecular weight is 312 g/mol. The second-order valence-corrected chi connectivity index (χ2v) is 6.35. The number of piperazine rings is 1. The lowest BCUT2D eigenvalue weighted by molar-refractivity contribution is -0.120. The molecule has 0 bridgehead atoms. The number of rotatable bonds is 6. The van der Waals surface area contributed by atoms with Gasteiger partial charge < -0.3 is 9.80 Å². The summed E-state index contributed by atoms with van der Waals surface area (Å²) in [6, 6.07) is 0. The molecule has 0 aromatic carbocycles. The van der Waals surface area contributed by atoms with Gasteiger partial charge in [-0.25, -0.2) is 0 Å². The molecule has 2 fully saturated rings. The van der Waals surface area contributed by atoms with E-state index in [4.69, 9.17) is 0 Å². The Balaban J connectivity index is 0.00000116. The minimum absolute atomic E-state index is 0.380. The van der Waals surface area contributed by atoms with Crippen molar-refractivity contribution in [2.75, 3.05) is 58.9 Å². The molecule has 2 saturated heterocycles. The van der Waals surface area contributed by atoms with Gasteiger partial charge in [-0.05, 0) is 38.4 Å². The highest BCUT2D eigenvalue weighted by molar-refractivity contribution is 5.80. The maximum atomic E-state index is 11.5. The number of hydrogen-bond acceptors (Lipinski definition) is 4. The van der Waals surface area contributed by atoms with Crippen LogP contribution < -0.4 is 0 Å². The molecule has 0 aromatic heterocycles. The Morgan fingerprint density at radius 2 is 1.41 bits per heavy atom. The van der Waals surface area contributed by atoms with Crippen LogP contribution in [-0.2, 0) is 4.79 Å². The van der Waals surface area contributed by atoms with E-state index in [0.717, 1.165) is 32.1 Å². The van der Waals surface area contributed by atoms with E-state index in [1.54, 1.807) is 0 Å². The van der Waals surface area contributed by atoms with Crippen LogP contribution in [0.5, 0.6) is 0 Å². The van der Waals surface area contributed by atoms with Gasteiger partial charge in [-0.3, -0.25) is 9.69 Å². The number of ketones is 1. The zero-order valence-corrected chi connectivity index (χ0v) is 15.3.